The highest BCUT2D eigenvalue weighted by Crippen LogP contribution is 2.28. The summed E-state index contributed by atoms with van der Waals surface area (Å²) in [5.41, 5.74) is 4.33. The van der Waals surface area contributed by atoms with E-state index in [9.17, 15) is 4.79 Å². The molecule has 140 valence electrons. The van der Waals surface area contributed by atoms with Gasteiger partial charge in [0.15, 0.2) is 0 Å². The maximum atomic E-state index is 13.0. The molecule has 1 saturated heterocycles. The molecular formula is C22H21N5O. The van der Waals surface area contributed by atoms with Gasteiger partial charge in [-0.15, -0.1) is 0 Å². The van der Waals surface area contributed by atoms with Crippen molar-refractivity contribution >= 4 is 16.9 Å². The summed E-state index contributed by atoms with van der Waals surface area (Å²) >= 11 is 0. The standard InChI is InChI=1S/C22H21N5O/c28-22(20-13-19(25-26-20)15-7-2-1-3-8-15)27-12-6-9-16(14-27)21-23-17-10-4-5-11-18(17)24-21/h1-5,7-8,10-11,13,16H,6,9,12,14H2,(H,23,24)(H,25,26)/t16-/m0/s1. The number of nitrogens with one attached hydrogen (secondary N) is 2. The number of hydrogen-bond acceptors (Lipinski definition) is 3. The van der Waals surface area contributed by atoms with E-state index in [-0.39, 0.29) is 11.8 Å². The third-order valence-corrected chi connectivity index (χ3v) is 5.38. The predicted molar refractivity (Wildman–Crippen MR) is 108 cm³/mol. The molecule has 1 aliphatic rings. The first-order valence-electron chi connectivity index (χ1n) is 9.63. The summed E-state index contributed by atoms with van der Waals surface area (Å²) in [7, 11) is 0. The van der Waals surface area contributed by atoms with Crippen LogP contribution in [0.1, 0.15) is 35.1 Å². The minimum Gasteiger partial charge on any atom is -0.342 e. The Bertz CT molecular complexity index is 1080. The van der Waals surface area contributed by atoms with E-state index in [2.05, 4.69) is 15.2 Å². The lowest BCUT2D eigenvalue weighted by Crippen LogP contribution is -2.39. The second kappa shape index (κ2) is 6.96. The molecule has 6 nitrogen and oxygen atoms in total. The Hall–Kier alpha value is -3.41. The van der Waals surface area contributed by atoms with Crippen LogP contribution in [0.4, 0.5) is 0 Å². The Morgan fingerprint density at radius 2 is 1.89 bits per heavy atom. The highest BCUT2D eigenvalue weighted by molar-refractivity contribution is 5.93. The van der Waals surface area contributed by atoms with Gasteiger partial charge in [0, 0.05) is 24.6 Å². The van der Waals surface area contributed by atoms with Crippen molar-refractivity contribution in [3.63, 3.8) is 0 Å². The number of amides is 1. The fourth-order valence-corrected chi connectivity index (χ4v) is 3.91. The van der Waals surface area contributed by atoms with Crippen molar-refractivity contribution in [1.82, 2.24) is 25.1 Å². The summed E-state index contributed by atoms with van der Waals surface area (Å²) in [6, 6.07) is 19.8. The summed E-state index contributed by atoms with van der Waals surface area (Å²) in [6.07, 6.45) is 2.00. The summed E-state index contributed by atoms with van der Waals surface area (Å²) in [4.78, 5) is 23.1. The minimum absolute atomic E-state index is 0.00417. The number of hydrogen-bond donors (Lipinski definition) is 2. The van der Waals surface area contributed by atoms with Gasteiger partial charge in [0.05, 0.1) is 16.7 Å². The van der Waals surface area contributed by atoms with Crippen LogP contribution < -0.4 is 0 Å². The Morgan fingerprint density at radius 1 is 1.07 bits per heavy atom. The number of carbonyl (C=O) groups excluding carboxylic acids is 1. The fraction of sp³-hybridized carbons (Fsp3) is 0.227. The fourth-order valence-electron chi connectivity index (χ4n) is 3.91. The van der Waals surface area contributed by atoms with Crippen molar-refractivity contribution < 1.29 is 4.79 Å². The van der Waals surface area contributed by atoms with Crippen molar-refractivity contribution in [2.45, 2.75) is 18.8 Å². The lowest BCUT2D eigenvalue weighted by molar-refractivity contribution is 0.0699. The third-order valence-electron chi connectivity index (χ3n) is 5.38. The highest BCUT2D eigenvalue weighted by atomic mass is 16.2. The van der Waals surface area contributed by atoms with Crippen molar-refractivity contribution in [2.24, 2.45) is 0 Å². The van der Waals surface area contributed by atoms with Crippen molar-refractivity contribution in [1.29, 1.82) is 0 Å². The molecule has 4 aromatic rings. The highest BCUT2D eigenvalue weighted by Gasteiger charge is 2.28. The number of rotatable bonds is 3. The van der Waals surface area contributed by atoms with E-state index in [0.29, 0.717) is 12.2 Å². The molecule has 0 saturated carbocycles. The molecule has 2 aromatic carbocycles. The van der Waals surface area contributed by atoms with Crippen LogP contribution in [0.15, 0.2) is 60.7 Å². The van der Waals surface area contributed by atoms with Gasteiger partial charge in [-0.25, -0.2) is 4.98 Å². The number of para-hydroxylation sites is 2. The number of nitrogens with zero attached hydrogens (tertiary/aromatic N) is 3. The minimum atomic E-state index is -0.00417. The number of aromatic amines is 2. The second-order valence-electron chi connectivity index (χ2n) is 7.26. The normalized spacial score (nSPS) is 17.1. The van der Waals surface area contributed by atoms with Gasteiger partial charge in [0.2, 0.25) is 0 Å². The van der Waals surface area contributed by atoms with Crippen molar-refractivity contribution in [2.75, 3.05) is 13.1 Å². The van der Waals surface area contributed by atoms with Gasteiger partial charge in [-0.1, -0.05) is 42.5 Å². The Labute approximate surface area is 162 Å². The smallest absolute Gasteiger partial charge is 0.271 e. The van der Waals surface area contributed by atoms with Gasteiger partial charge in [-0.3, -0.25) is 9.89 Å². The Kier molecular flexibility index (Phi) is 4.16. The van der Waals surface area contributed by atoms with Crippen LogP contribution in [-0.2, 0) is 0 Å². The van der Waals surface area contributed by atoms with Crippen molar-refractivity contribution in [3.8, 4) is 11.3 Å². The molecule has 1 fully saturated rings. The quantitative estimate of drug-likeness (QED) is 0.572. The number of aromatic nitrogens is 4. The lowest BCUT2D eigenvalue weighted by Gasteiger charge is -2.31. The summed E-state index contributed by atoms with van der Waals surface area (Å²) in [6.45, 7) is 1.42. The largest absolute Gasteiger partial charge is 0.342 e. The van der Waals surface area contributed by atoms with Crippen LogP contribution in [-0.4, -0.2) is 44.1 Å². The molecule has 0 spiro atoms. The molecule has 0 unspecified atom stereocenters. The monoisotopic (exact) mass is 371 g/mol. The predicted octanol–water partition coefficient (Wildman–Crippen LogP) is 3.97. The number of likely N-dealkylation sites (tertiary alicyclic amines) is 1. The van der Waals surface area contributed by atoms with Crippen LogP contribution in [0.5, 0.6) is 0 Å². The number of carbonyl (C=O) groups is 1. The zero-order valence-corrected chi connectivity index (χ0v) is 15.4. The number of fused-ring (bicyclic) bond motifs is 1. The average molecular weight is 371 g/mol. The molecule has 1 amide bonds. The SMILES string of the molecule is O=C(c1cc(-c2ccccc2)n[nH]1)N1CCC[C@H](c2nc3ccccc3[nH]2)C1. The Morgan fingerprint density at radius 3 is 2.75 bits per heavy atom. The summed E-state index contributed by atoms with van der Waals surface area (Å²) < 4.78 is 0. The molecule has 0 bridgehead atoms. The molecule has 0 aliphatic carbocycles. The maximum Gasteiger partial charge on any atom is 0.271 e. The van der Waals surface area contributed by atoms with E-state index in [1.54, 1.807) is 0 Å². The van der Waals surface area contributed by atoms with Gasteiger partial charge in [-0.05, 0) is 31.0 Å². The number of piperidine rings is 1. The number of H-pyrrole nitrogens is 2. The zero-order valence-electron chi connectivity index (χ0n) is 15.4. The van der Waals surface area contributed by atoms with E-state index in [1.165, 1.54) is 0 Å². The van der Waals surface area contributed by atoms with Gasteiger partial charge in [0.25, 0.3) is 5.91 Å². The van der Waals surface area contributed by atoms with Gasteiger partial charge < -0.3 is 9.88 Å². The van der Waals surface area contributed by atoms with Crippen LogP contribution in [0.2, 0.25) is 0 Å². The average Bonchev–Trinajstić information content (AvgIpc) is 3.41. The first-order chi connectivity index (χ1) is 13.8. The van der Waals surface area contributed by atoms with E-state index in [4.69, 9.17) is 4.98 Å². The van der Waals surface area contributed by atoms with Crippen LogP contribution >= 0.6 is 0 Å². The van der Waals surface area contributed by atoms with E-state index < -0.39 is 0 Å². The Balaban J connectivity index is 1.35. The topological polar surface area (TPSA) is 77.7 Å². The van der Waals surface area contributed by atoms with E-state index >= 15 is 0 Å². The van der Waals surface area contributed by atoms with Crippen LogP contribution in [0.3, 0.4) is 0 Å². The first kappa shape index (κ1) is 16.7. The first-order valence-corrected chi connectivity index (χ1v) is 9.63. The third kappa shape index (κ3) is 3.07. The number of imidazole rings is 1. The molecule has 3 heterocycles. The summed E-state index contributed by atoms with van der Waals surface area (Å²) in [5.74, 6) is 1.19. The van der Waals surface area contributed by atoms with Gasteiger partial charge >= 0.3 is 0 Å². The molecule has 2 aromatic heterocycles. The molecule has 0 radical (unpaired) electrons. The maximum absolute atomic E-state index is 13.0. The lowest BCUT2D eigenvalue weighted by atomic mass is 9.97. The molecule has 5 rings (SSSR count). The molecule has 6 heteroatoms. The molecule has 1 atom stereocenters. The van der Waals surface area contributed by atoms with Crippen molar-refractivity contribution in [3.05, 3.63) is 72.2 Å². The van der Waals surface area contributed by atoms with Crippen LogP contribution in [0.25, 0.3) is 22.3 Å². The molecule has 28 heavy (non-hydrogen) atoms. The summed E-state index contributed by atoms with van der Waals surface area (Å²) in [5, 5.41) is 7.23. The second-order valence-corrected chi connectivity index (χ2v) is 7.26. The zero-order chi connectivity index (χ0) is 18.9. The van der Waals surface area contributed by atoms with Gasteiger partial charge in [-0.2, -0.15) is 5.10 Å². The van der Waals surface area contributed by atoms with Gasteiger partial charge in [0.1, 0.15) is 11.5 Å². The van der Waals surface area contributed by atoms with E-state index in [0.717, 1.165) is 47.5 Å². The van der Waals surface area contributed by atoms with E-state index in [1.807, 2.05) is 65.6 Å². The van der Waals surface area contributed by atoms with Crippen LogP contribution in [0, 0.1) is 0 Å². The molecular weight excluding hydrogens is 350 g/mol. The molecule has 2 N–H and O–H groups in total. The molecule has 1 aliphatic heterocycles. The number of benzene rings is 2.